The first-order valence-electron chi connectivity index (χ1n) is 12.0. The molecule has 8 nitrogen and oxygen atoms in total. The van der Waals surface area contributed by atoms with Gasteiger partial charge in [0.25, 0.3) is 11.8 Å². The molecule has 0 unspecified atom stereocenters. The van der Waals surface area contributed by atoms with E-state index in [2.05, 4.69) is 11.9 Å². The Hall–Kier alpha value is -3.98. The van der Waals surface area contributed by atoms with E-state index in [1.807, 2.05) is 0 Å². The third-order valence-electron chi connectivity index (χ3n) is 5.59. The lowest BCUT2D eigenvalue weighted by Crippen LogP contribution is -2.54. The second-order valence-corrected chi connectivity index (χ2v) is 9.59. The molecular formula is C29H23Cl3N2O6. The topological polar surface area (TPSA) is 94.2 Å². The highest BCUT2D eigenvalue weighted by Crippen LogP contribution is 2.37. The van der Waals surface area contributed by atoms with Crippen LogP contribution in [0, 0.1) is 0 Å². The van der Waals surface area contributed by atoms with Gasteiger partial charge in [0, 0.05) is 15.6 Å². The van der Waals surface area contributed by atoms with Crippen molar-refractivity contribution in [3.05, 3.63) is 99.0 Å². The van der Waals surface area contributed by atoms with Gasteiger partial charge in [-0.3, -0.25) is 14.9 Å². The zero-order chi connectivity index (χ0) is 28.8. The van der Waals surface area contributed by atoms with Crippen molar-refractivity contribution < 1.29 is 28.6 Å². The van der Waals surface area contributed by atoms with E-state index >= 15 is 0 Å². The number of nitrogens with one attached hydrogen (secondary N) is 1. The van der Waals surface area contributed by atoms with Crippen LogP contribution in [0.25, 0.3) is 6.08 Å². The zero-order valence-corrected chi connectivity index (χ0v) is 23.5. The van der Waals surface area contributed by atoms with Crippen molar-refractivity contribution in [1.29, 1.82) is 0 Å². The quantitative estimate of drug-likeness (QED) is 0.155. The summed E-state index contributed by atoms with van der Waals surface area (Å²) in [5, 5.41) is 3.40. The summed E-state index contributed by atoms with van der Waals surface area (Å²) in [4.78, 5) is 39.5. The lowest BCUT2D eigenvalue weighted by molar-refractivity contribution is -0.122. The fraction of sp³-hybridized carbons (Fsp3) is 0.138. The van der Waals surface area contributed by atoms with Crippen LogP contribution < -0.4 is 24.4 Å². The maximum absolute atomic E-state index is 13.3. The van der Waals surface area contributed by atoms with E-state index in [0.717, 1.165) is 10.5 Å². The Morgan fingerprint density at radius 3 is 2.35 bits per heavy atom. The number of benzene rings is 3. The molecule has 0 atom stereocenters. The van der Waals surface area contributed by atoms with Crippen LogP contribution in [0.4, 0.5) is 10.5 Å². The van der Waals surface area contributed by atoms with Crippen molar-refractivity contribution in [2.75, 3.05) is 18.1 Å². The van der Waals surface area contributed by atoms with Crippen LogP contribution in [-0.4, -0.2) is 31.1 Å². The highest BCUT2D eigenvalue weighted by atomic mass is 35.5. The fourth-order valence-electron chi connectivity index (χ4n) is 3.77. The smallest absolute Gasteiger partial charge is 0.335 e. The summed E-state index contributed by atoms with van der Waals surface area (Å²) in [5.74, 6) is -0.537. The summed E-state index contributed by atoms with van der Waals surface area (Å²) in [5.41, 5.74) is 1.10. The second kappa shape index (κ2) is 12.9. The molecule has 3 aromatic rings. The van der Waals surface area contributed by atoms with E-state index in [1.165, 1.54) is 24.3 Å². The molecule has 4 rings (SSSR count). The predicted octanol–water partition coefficient (Wildman–Crippen LogP) is 6.86. The summed E-state index contributed by atoms with van der Waals surface area (Å²) < 4.78 is 17.0. The Bertz CT molecular complexity index is 1500. The molecule has 0 radical (unpaired) electrons. The van der Waals surface area contributed by atoms with Crippen molar-refractivity contribution in [2.45, 2.75) is 13.5 Å². The lowest BCUT2D eigenvalue weighted by Gasteiger charge is -2.26. The van der Waals surface area contributed by atoms with Gasteiger partial charge in [0.15, 0.2) is 11.5 Å². The van der Waals surface area contributed by atoms with Gasteiger partial charge in [-0.1, -0.05) is 53.5 Å². The number of barbiturate groups is 1. The SMILES string of the molecule is C=CCOc1c(Cl)cc(/C=C2\C(=O)NC(=O)N(c3ccc(OCc4ccc(Cl)cc4Cl)cc3)C2=O)cc1OCC. The van der Waals surface area contributed by atoms with Gasteiger partial charge >= 0.3 is 6.03 Å². The van der Waals surface area contributed by atoms with Gasteiger partial charge in [-0.05, 0) is 67.1 Å². The number of hydrogen-bond donors (Lipinski definition) is 1. The van der Waals surface area contributed by atoms with Gasteiger partial charge < -0.3 is 14.2 Å². The Morgan fingerprint density at radius 2 is 1.68 bits per heavy atom. The van der Waals surface area contributed by atoms with Crippen molar-refractivity contribution >= 4 is 64.4 Å². The van der Waals surface area contributed by atoms with Gasteiger partial charge in [0.05, 0.1) is 17.3 Å². The summed E-state index contributed by atoms with van der Waals surface area (Å²) in [6.07, 6.45) is 2.89. The van der Waals surface area contributed by atoms with Crippen LogP contribution in [0.2, 0.25) is 15.1 Å². The van der Waals surface area contributed by atoms with Gasteiger partial charge in [0.2, 0.25) is 0 Å². The minimum absolute atomic E-state index is 0.184. The summed E-state index contributed by atoms with van der Waals surface area (Å²) in [7, 11) is 0. The average molecular weight is 602 g/mol. The number of ether oxygens (including phenoxy) is 3. The largest absolute Gasteiger partial charge is 0.490 e. The summed E-state index contributed by atoms with van der Waals surface area (Å²) >= 11 is 18.5. The van der Waals surface area contributed by atoms with Crippen LogP contribution in [0.3, 0.4) is 0 Å². The summed E-state index contributed by atoms with van der Waals surface area (Å²) in [6.45, 7) is 6.13. The molecule has 1 aliphatic heterocycles. The van der Waals surface area contributed by atoms with Crippen molar-refractivity contribution in [3.63, 3.8) is 0 Å². The first kappa shape index (κ1) is 29.0. The number of nitrogens with zero attached hydrogens (tertiary/aromatic N) is 1. The molecule has 0 bridgehead atoms. The van der Waals surface area contributed by atoms with Gasteiger partial charge in [-0.25, -0.2) is 9.69 Å². The predicted molar refractivity (Wildman–Crippen MR) is 155 cm³/mol. The lowest BCUT2D eigenvalue weighted by atomic mass is 10.1. The molecule has 1 fully saturated rings. The summed E-state index contributed by atoms with van der Waals surface area (Å²) in [6, 6.07) is 13.6. The van der Waals surface area contributed by atoms with Gasteiger partial charge in [-0.15, -0.1) is 0 Å². The molecule has 1 heterocycles. The van der Waals surface area contributed by atoms with Crippen LogP contribution in [0.1, 0.15) is 18.1 Å². The van der Waals surface area contributed by atoms with Crippen molar-refractivity contribution in [3.8, 4) is 17.2 Å². The number of imide groups is 2. The number of anilines is 1. The Balaban J connectivity index is 1.56. The molecule has 1 N–H and O–H groups in total. The number of amides is 4. The first-order chi connectivity index (χ1) is 19.2. The van der Waals surface area contributed by atoms with E-state index in [1.54, 1.807) is 49.4 Å². The molecule has 1 saturated heterocycles. The van der Waals surface area contributed by atoms with Gasteiger partial charge in [0.1, 0.15) is 24.5 Å². The van der Waals surface area contributed by atoms with E-state index in [-0.39, 0.29) is 29.5 Å². The van der Waals surface area contributed by atoms with E-state index in [0.29, 0.717) is 39.5 Å². The normalized spacial score (nSPS) is 14.2. The molecule has 11 heteroatoms. The van der Waals surface area contributed by atoms with Crippen molar-refractivity contribution in [1.82, 2.24) is 5.32 Å². The van der Waals surface area contributed by atoms with Crippen LogP contribution in [0.15, 0.2) is 72.8 Å². The molecule has 0 aromatic heterocycles. The van der Waals surface area contributed by atoms with E-state index < -0.39 is 17.8 Å². The number of urea groups is 1. The van der Waals surface area contributed by atoms with Gasteiger partial charge in [-0.2, -0.15) is 0 Å². The monoisotopic (exact) mass is 600 g/mol. The third-order valence-corrected chi connectivity index (χ3v) is 6.46. The van der Waals surface area contributed by atoms with E-state index in [4.69, 9.17) is 49.0 Å². The Labute approximate surface area is 245 Å². The molecule has 0 aliphatic carbocycles. The maximum atomic E-state index is 13.3. The van der Waals surface area contributed by atoms with Crippen LogP contribution >= 0.6 is 34.8 Å². The standard InChI is InChI=1S/C29H23Cl3N2O6/c1-3-11-39-26-24(32)13-17(14-25(26)38-4-2)12-22-27(35)33-29(37)34(28(22)36)20-7-9-21(10-8-20)40-16-18-5-6-19(30)15-23(18)31/h3,5-10,12-15H,1,4,11,16H2,2H3,(H,33,35,37)/b22-12+. The molecule has 206 valence electrons. The number of halogens is 3. The molecule has 3 aromatic carbocycles. The molecule has 40 heavy (non-hydrogen) atoms. The molecule has 1 aliphatic rings. The molecule has 4 amide bonds. The fourth-order valence-corrected chi connectivity index (χ4v) is 4.50. The highest BCUT2D eigenvalue weighted by Gasteiger charge is 2.37. The van der Waals surface area contributed by atoms with Crippen LogP contribution in [0.5, 0.6) is 17.2 Å². The zero-order valence-electron chi connectivity index (χ0n) is 21.2. The number of carbonyl (C=O) groups is 3. The second-order valence-electron chi connectivity index (χ2n) is 8.34. The number of hydrogen-bond acceptors (Lipinski definition) is 6. The van der Waals surface area contributed by atoms with Crippen molar-refractivity contribution in [2.24, 2.45) is 0 Å². The minimum atomic E-state index is -0.880. The third kappa shape index (κ3) is 6.59. The molecule has 0 saturated carbocycles. The van der Waals surface area contributed by atoms with Crippen LogP contribution in [-0.2, 0) is 16.2 Å². The number of rotatable bonds is 10. The maximum Gasteiger partial charge on any atom is 0.335 e. The first-order valence-corrected chi connectivity index (χ1v) is 13.1. The molecule has 0 spiro atoms. The number of carbonyl (C=O) groups excluding carboxylic acids is 3. The van der Waals surface area contributed by atoms with E-state index in [9.17, 15) is 14.4 Å². The molecular weight excluding hydrogens is 579 g/mol. The Kier molecular flexibility index (Phi) is 9.37. The highest BCUT2D eigenvalue weighted by molar-refractivity contribution is 6.39. The average Bonchev–Trinajstić information content (AvgIpc) is 2.91. The Morgan fingerprint density at radius 1 is 0.925 bits per heavy atom. The minimum Gasteiger partial charge on any atom is -0.490 e.